The minimum absolute atomic E-state index is 0. The van der Waals surface area contributed by atoms with Crippen molar-refractivity contribution >= 4 is 11.4 Å². The number of phenols is 2. The molecule has 2 N–H and O–H groups in total. The Morgan fingerprint density at radius 2 is 0.865 bits per heavy atom. The largest absolute Gasteiger partial charge is 0.697 e. The van der Waals surface area contributed by atoms with Crippen LogP contribution in [0.15, 0.2) is 119 Å². The van der Waals surface area contributed by atoms with Crippen LogP contribution in [0.4, 0.5) is 0 Å². The number of nitrogens with zero attached hydrogens (tertiary/aromatic N) is 2. The molecule has 4 aromatic carbocycles. The van der Waals surface area contributed by atoms with Gasteiger partial charge in [-0.1, -0.05) is 84.9 Å². The van der Waals surface area contributed by atoms with Crippen LogP contribution in [0.5, 0.6) is 11.5 Å². The summed E-state index contributed by atoms with van der Waals surface area (Å²) in [5, 5.41) is 20.7. The standard InChI is InChI=1S/C30H28N2O2.C2H.Ti/c33-27-19-9-7-17-25(27)29(23-13-3-1-4-14-23)31-21-11-12-22-32-30(24-15-5-2-6-16-24)26-18-8-10-20-28(26)34;1-2;/h1-10,13-20,33-34H,11-12,21-22H2;1H;/q;-1;. The Labute approximate surface area is 234 Å². The van der Waals surface area contributed by atoms with Crippen LogP contribution >= 0.6 is 0 Å². The Morgan fingerprint density at radius 1 is 0.541 bits per heavy atom. The Morgan fingerprint density at radius 3 is 1.22 bits per heavy atom. The van der Waals surface area contributed by atoms with Crippen LogP contribution in [0.2, 0.25) is 0 Å². The van der Waals surface area contributed by atoms with Crippen LogP contribution in [-0.4, -0.2) is 34.7 Å². The molecule has 184 valence electrons. The normalized spacial score (nSPS) is 11.1. The van der Waals surface area contributed by atoms with Crippen molar-refractivity contribution in [3.63, 3.8) is 0 Å². The molecule has 0 aliphatic carbocycles. The Bertz CT molecular complexity index is 1220. The van der Waals surface area contributed by atoms with Crippen molar-refractivity contribution in [3.8, 4) is 17.9 Å². The molecule has 4 nitrogen and oxygen atoms in total. The predicted octanol–water partition coefficient (Wildman–Crippen LogP) is 6.46. The quantitative estimate of drug-likeness (QED) is 0.0874. The third-order valence-electron chi connectivity index (χ3n) is 5.52. The molecule has 5 heteroatoms. The first-order valence-corrected chi connectivity index (χ1v) is 11.8. The van der Waals surface area contributed by atoms with E-state index in [1.165, 1.54) is 0 Å². The van der Waals surface area contributed by atoms with Crippen molar-refractivity contribution in [3.05, 3.63) is 138 Å². The molecule has 0 saturated heterocycles. The van der Waals surface area contributed by atoms with Crippen molar-refractivity contribution in [1.82, 2.24) is 0 Å². The smallest absolute Gasteiger partial charge is 0.124 e. The fourth-order valence-electron chi connectivity index (χ4n) is 3.81. The summed E-state index contributed by atoms with van der Waals surface area (Å²) in [5.41, 5.74) is 5.01. The fraction of sp³-hybridized carbons (Fsp3) is 0.125. The number of rotatable bonds is 9. The van der Waals surface area contributed by atoms with Crippen LogP contribution < -0.4 is 0 Å². The average Bonchev–Trinajstić information content (AvgIpc) is 2.94. The zero-order chi connectivity index (χ0) is 25.6. The summed E-state index contributed by atoms with van der Waals surface area (Å²) in [4.78, 5) is 9.68. The second-order valence-corrected chi connectivity index (χ2v) is 7.93. The first-order chi connectivity index (χ1) is 17.7. The molecule has 0 unspecified atom stereocenters. The Balaban J connectivity index is 0.00000157. The molecule has 0 spiro atoms. The zero-order valence-corrected chi connectivity index (χ0v) is 22.1. The van der Waals surface area contributed by atoms with Crippen LogP contribution in [0.3, 0.4) is 0 Å². The van der Waals surface area contributed by atoms with Crippen molar-refractivity contribution < 1.29 is 31.9 Å². The summed E-state index contributed by atoms with van der Waals surface area (Å²) in [6.07, 6.45) is 10.7. The fourth-order valence-corrected chi connectivity index (χ4v) is 3.81. The van der Waals surface area contributed by atoms with E-state index in [1.807, 2.05) is 97.1 Å². The van der Waals surface area contributed by atoms with E-state index in [4.69, 9.17) is 16.4 Å². The molecule has 0 amide bonds. The molecule has 4 rings (SSSR count). The number of benzene rings is 4. The van der Waals surface area contributed by atoms with E-state index in [2.05, 4.69) is 6.42 Å². The Hall–Kier alpha value is -3.91. The van der Waals surface area contributed by atoms with Gasteiger partial charge in [-0.2, -0.15) is 0 Å². The van der Waals surface area contributed by atoms with Gasteiger partial charge >= 0.3 is 0 Å². The summed E-state index contributed by atoms with van der Waals surface area (Å²) in [5.74, 6) is 0.453. The van der Waals surface area contributed by atoms with Crippen molar-refractivity contribution in [2.75, 3.05) is 13.1 Å². The topological polar surface area (TPSA) is 65.2 Å². The van der Waals surface area contributed by atoms with E-state index < -0.39 is 0 Å². The summed E-state index contributed by atoms with van der Waals surface area (Å²) in [6, 6.07) is 34.5. The molecular formula is C32H29N2O2Ti-. The molecule has 0 aliphatic rings. The van der Waals surface area contributed by atoms with Crippen LogP contribution in [0.25, 0.3) is 0 Å². The molecule has 0 heterocycles. The van der Waals surface area contributed by atoms with Gasteiger partial charge in [0.1, 0.15) is 11.5 Å². The van der Waals surface area contributed by atoms with Gasteiger partial charge in [0.25, 0.3) is 0 Å². The molecule has 0 bridgehead atoms. The van der Waals surface area contributed by atoms with Gasteiger partial charge in [0.05, 0.1) is 11.4 Å². The van der Waals surface area contributed by atoms with E-state index in [-0.39, 0.29) is 33.2 Å². The summed E-state index contributed by atoms with van der Waals surface area (Å²) < 4.78 is 0. The van der Waals surface area contributed by atoms with Crippen molar-refractivity contribution in [2.45, 2.75) is 12.8 Å². The average molecular weight is 521 g/mol. The van der Waals surface area contributed by atoms with E-state index in [0.29, 0.717) is 13.1 Å². The first kappa shape index (κ1) is 29.3. The molecule has 37 heavy (non-hydrogen) atoms. The first-order valence-electron chi connectivity index (χ1n) is 11.8. The SMILES string of the molecule is Oc1ccccc1C(=NCCCCN=C(c1ccccc1)c1ccccc1O)c1ccccc1.[C-]#C.[Ti]. The summed E-state index contributed by atoms with van der Waals surface area (Å²) in [7, 11) is 0. The van der Waals surface area contributed by atoms with Gasteiger partial charge in [0.15, 0.2) is 0 Å². The molecule has 0 aliphatic heterocycles. The number of unbranched alkanes of at least 4 members (excludes halogenated alkanes) is 1. The van der Waals surface area contributed by atoms with Crippen molar-refractivity contribution in [1.29, 1.82) is 0 Å². The van der Waals surface area contributed by atoms with Gasteiger partial charge in [0, 0.05) is 57.1 Å². The number of aliphatic imine (C=N–C) groups is 2. The van der Waals surface area contributed by atoms with Crippen LogP contribution in [-0.2, 0) is 21.7 Å². The number of para-hydroxylation sites is 2. The maximum absolute atomic E-state index is 10.4. The monoisotopic (exact) mass is 521 g/mol. The maximum Gasteiger partial charge on any atom is 0.124 e. The molecule has 4 aromatic rings. The number of aromatic hydroxyl groups is 2. The molecule has 0 radical (unpaired) electrons. The van der Waals surface area contributed by atoms with Gasteiger partial charge < -0.3 is 23.1 Å². The maximum atomic E-state index is 10.4. The van der Waals surface area contributed by atoms with E-state index in [9.17, 15) is 10.2 Å². The second-order valence-electron chi connectivity index (χ2n) is 7.93. The van der Waals surface area contributed by atoms with Gasteiger partial charge in [-0.15, -0.1) is 0 Å². The third-order valence-corrected chi connectivity index (χ3v) is 5.52. The predicted molar refractivity (Wildman–Crippen MR) is 148 cm³/mol. The van der Waals surface area contributed by atoms with Crippen LogP contribution in [0.1, 0.15) is 35.1 Å². The van der Waals surface area contributed by atoms with Crippen LogP contribution in [0, 0.1) is 12.8 Å². The van der Waals surface area contributed by atoms with E-state index in [0.717, 1.165) is 46.5 Å². The minimum atomic E-state index is 0. The number of hydrogen-bond acceptors (Lipinski definition) is 4. The second kappa shape index (κ2) is 16.0. The van der Waals surface area contributed by atoms with Gasteiger partial charge in [-0.3, -0.25) is 9.98 Å². The van der Waals surface area contributed by atoms with E-state index in [1.54, 1.807) is 12.1 Å². The van der Waals surface area contributed by atoms with Crippen molar-refractivity contribution in [2.24, 2.45) is 9.98 Å². The minimum Gasteiger partial charge on any atom is -0.697 e. The molecular weight excluding hydrogens is 492 g/mol. The molecule has 0 aromatic heterocycles. The third kappa shape index (κ3) is 8.32. The number of terminal acetylenes is 1. The number of phenolic OH excluding ortho intramolecular Hbond substituents is 2. The number of hydrogen-bond donors (Lipinski definition) is 2. The zero-order valence-electron chi connectivity index (χ0n) is 20.6. The molecule has 0 fully saturated rings. The molecule has 0 atom stereocenters. The van der Waals surface area contributed by atoms with Gasteiger partial charge in [0.2, 0.25) is 0 Å². The summed E-state index contributed by atoms with van der Waals surface area (Å²) >= 11 is 0. The van der Waals surface area contributed by atoms with E-state index >= 15 is 0 Å². The van der Waals surface area contributed by atoms with Gasteiger partial charge in [-0.25, -0.2) is 0 Å². The molecule has 0 saturated carbocycles. The van der Waals surface area contributed by atoms with Gasteiger partial charge in [-0.05, 0) is 37.1 Å². The Kier molecular flexibility index (Phi) is 12.6. The summed E-state index contributed by atoms with van der Waals surface area (Å²) in [6.45, 7) is 1.26.